The van der Waals surface area contributed by atoms with Gasteiger partial charge in [0.1, 0.15) is 5.82 Å². The first-order chi connectivity index (χ1) is 11.5. The van der Waals surface area contributed by atoms with Crippen molar-refractivity contribution in [2.45, 2.75) is 0 Å². The molecule has 2 aromatic rings. The van der Waals surface area contributed by atoms with Crippen molar-refractivity contribution in [2.75, 3.05) is 63.6 Å². The number of benzene rings is 1. The third-order valence-corrected chi connectivity index (χ3v) is 5.17. The minimum atomic E-state index is 0.659. The summed E-state index contributed by atoms with van der Waals surface area (Å²) in [6.45, 7) is 5.50. The summed E-state index contributed by atoms with van der Waals surface area (Å²) in [5.41, 5.74) is 0.891. The summed E-state index contributed by atoms with van der Waals surface area (Å²) in [7, 11) is 4.10. The van der Waals surface area contributed by atoms with Gasteiger partial charge in [0.15, 0.2) is 0 Å². The van der Waals surface area contributed by atoms with Crippen LogP contribution in [-0.4, -0.2) is 68.2 Å². The third-order valence-electron chi connectivity index (χ3n) is 3.98. The molecule has 1 aromatic heterocycles. The molecule has 1 fully saturated rings. The first-order valence-electron chi connectivity index (χ1n) is 8.05. The van der Waals surface area contributed by atoms with E-state index in [1.54, 1.807) is 0 Å². The number of hydrogen-bond donors (Lipinski definition) is 2. The van der Waals surface area contributed by atoms with E-state index < -0.39 is 0 Å². The number of rotatable bonds is 5. The molecule has 24 heavy (non-hydrogen) atoms. The van der Waals surface area contributed by atoms with Crippen LogP contribution in [0.5, 0.6) is 0 Å². The molecule has 1 aromatic carbocycles. The standard InChI is InChI=1S/C16H22BrClN6/c1-23(2)6-5-20-16-21-14-10-12(17)13(18)9-11(14)15(22-16)24-7-3-19-4-8-24/h9-10,19H,3-8H2,1-2H3,(H,20,21,22). The van der Waals surface area contributed by atoms with Gasteiger partial charge in [-0.15, -0.1) is 0 Å². The zero-order valence-electron chi connectivity index (χ0n) is 13.9. The average molecular weight is 414 g/mol. The van der Waals surface area contributed by atoms with Crippen LogP contribution in [0.15, 0.2) is 16.6 Å². The van der Waals surface area contributed by atoms with E-state index in [0.717, 1.165) is 60.5 Å². The summed E-state index contributed by atoms with van der Waals surface area (Å²) in [5, 5.41) is 8.37. The van der Waals surface area contributed by atoms with E-state index in [0.29, 0.717) is 11.0 Å². The quantitative estimate of drug-likeness (QED) is 0.785. The van der Waals surface area contributed by atoms with Gasteiger partial charge in [0, 0.05) is 49.1 Å². The number of halogens is 2. The third kappa shape index (κ3) is 4.08. The fourth-order valence-electron chi connectivity index (χ4n) is 2.70. The predicted molar refractivity (Wildman–Crippen MR) is 104 cm³/mol. The Bertz CT molecular complexity index is 717. The van der Waals surface area contributed by atoms with E-state index in [1.807, 2.05) is 26.2 Å². The molecule has 1 aliphatic heterocycles. The molecular formula is C16H22BrClN6. The lowest BCUT2D eigenvalue weighted by Gasteiger charge is -2.29. The molecule has 0 atom stereocenters. The fourth-order valence-corrected chi connectivity index (χ4v) is 3.19. The van der Waals surface area contributed by atoms with E-state index >= 15 is 0 Å². The number of piperazine rings is 1. The van der Waals surface area contributed by atoms with Gasteiger partial charge in [-0.1, -0.05) is 11.6 Å². The van der Waals surface area contributed by atoms with Crippen LogP contribution in [0.1, 0.15) is 0 Å². The second-order valence-corrected chi connectivity index (χ2v) is 7.38. The van der Waals surface area contributed by atoms with Gasteiger partial charge in [-0.3, -0.25) is 0 Å². The molecule has 2 N–H and O–H groups in total. The van der Waals surface area contributed by atoms with Crippen molar-refractivity contribution >= 4 is 50.2 Å². The molecule has 3 rings (SSSR count). The largest absolute Gasteiger partial charge is 0.353 e. The molecule has 0 spiro atoms. The van der Waals surface area contributed by atoms with Crippen LogP contribution in [0.4, 0.5) is 11.8 Å². The summed E-state index contributed by atoms with van der Waals surface area (Å²) in [6, 6.07) is 3.91. The molecule has 0 saturated carbocycles. The Kier molecular flexibility index (Phi) is 5.76. The van der Waals surface area contributed by atoms with Crippen molar-refractivity contribution in [1.29, 1.82) is 0 Å². The number of anilines is 2. The molecule has 0 aliphatic carbocycles. The summed E-state index contributed by atoms with van der Waals surface area (Å²) in [4.78, 5) is 13.9. The maximum Gasteiger partial charge on any atom is 0.225 e. The molecule has 130 valence electrons. The van der Waals surface area contributed by atoms with Gasteiger partial charge in [0.2, 0.25) is 5.95 Å². The number of hydrogen-bond acceptors (Lipinski definition) is 6. The summed E-state index contributed by atoms with van der Waals surface area (Å²) in [5.74, 6) is 1.61. The van der Waals surface area contributed by atoms with Crippen LogP contribution in [0, 0.1) is 0 Å². The second-order valence-electron chi connectivity index (χ2n) is 6.12. The fraction of sp³-hybridized carbons (Fsp3) is 0.500. The molecule has 8 heteroatoms. The summed E-state index contributed by atoms with van der Waals surface area (Å²) in [6.07, 6.45) is 0. The molecule has 6 nitrogen and oxygen atoms in total. The maximum atomic E-state index is 6.30. The van der Waals surface area contributed by atoms with Crippen molar-refractivity contribution in [2.24, 2.45) is 0 Å². The molecule has 1 aliphatic rings. The molecule has 0 unspecified atom stereocenters. The second kappa shape index (κ2) is 7.82. The SMILES string of the molecule is CN(C)CCNc1nc(N2CCNCC2)c2cc(Cl)c(Br)cc2n1. The van der Waals surface area contributed by atoms with Gasteiger partial charge in [-0.2, -0.15) is 4.98 Å². The van der Waals surface area contributed by atoms with Crippen LogP contribution >= 0.6 is 27.5 Å². The number of likely N-dealkylation sites (N-methyl/N-ethyl adjacent to an activating group) is 1. The normalized spacial score (nSPS) is 15.3. The smallest absolute Gasteiger partial charge is 0.225 e. The van der Waals surface area contributed by atoms with Gasteiger partial charge in [-0.25, -0.2) is 4.98 Å². The Labute approximate surface area is 155 Å². The van der Waals surface area contributed by atoms with Crippen LogP contribution in [0.2, 0.25) is 5.02 Å². The lowest BCUT2D eigenvalue weighted by molar-refractivity contribution is 0.425. The number of nitrogens with zero attached hydrogens (tertiary/aromatic N) is 4. The van der Waals surface area contributed by atoms with E-state index in [1.165, 1.54) is 0 Å². The van der Waals surface area contributed by atoms with Crippen molar-refractivity contribution in [3.05, 3.63) is 21.6 Å². The van der Waals surface area contributed by atoms with Crippen molar-refractivity contribution in [3.8, 4) is 0 Å². The number of fused-ring (bicyclic) bond motifs is 1. The van der Waals surface area contributed by atoms with Gasteiger partial charge in [0.05, 0.1) is 10.5 Å². The monoisotopic (exact) mass is 412 g/mol. The first-order valence-corrected chi connectivity index (χ1v) is 9.23. The van der Waals surface area contributed by atoms with Crippen LogP contribution in [0.3, 0.4) is 0 Å². The molecule has 0 amide bonds. The van der Waals surface area contributed by atoms with E-state index in [4.69, 9.17) is 16.6 Å². The lowest BCUT2D eigenvalue weighted by Crippen LogP contribution is -2.44. The highest BCUT2D eigenvalue weighted by molar-refractivity contribution is 9.10. The van der Waals surface area contributed by atoms with Crippen molar-refractivity contribution in [1.82, 2.24) is 20.2 Å². The van der Waals surface area contributed by atoms with Crippen molar-refractivity contribution < 1.29 is 0 Å². The maximum absolute atomic E-state index is 6.30. The molecule has 1 saturated heterocycles. The molecule has 0 radical (unpaired) electrons. The zero-order chi connectivity index (χ0) is 17.1. The number of aromatic nitrogens is 2. The van der Waals surface area contributed by atoms with Crippen molar-refractivity contribution in [3.63, 3.8) is 0 Å². The number of nitrogens with one attached hydrogen (secondary N) is 2. The van der Waals surface area contributed by atoms with Gasteiger partial charge >= 0.3 is 0 Å². The Balaban J connectivity index is 1.99. The first kappa shape index (κ1) is 17.7. The molecule has 2 heterocycles. The highest BCUT2D eigenvalue weighted by Gasteiger charge is 2.18. The highest BCUT2D eigenvalue weighted by Crippen LogP contribution is 2.32. The lowest BCUT2D eigenvalue weighted by atomic mass is 10.2. The van der Waals surface area contributed by atoms with Crippen LogP contribution in [-0.2, 0) is 0 Å². The molecular weight excluding hydrogens is 392 g/mol. The summed E-state index contributed by atoms with van der Waals surface area (Å²) < 4.78 is 0.848. The highest BCUT2D eigenvalue weighted by atomic mass is 79.9. The minimum absolute atomic E-state index is 0.659. The summed E-state index contributed by atoms with van der Waals surface area (Å²) >= 11 is 9.79. The van der Waals surface area contributed by atoms with Crippen LogP contribution < -0.4 is 15.5 Å². The average Bonchev–Trinajstić information content (AvgIpc) is 2.56. The van der Waals surface area contributed by atoms with Crippen LogP contribution in [0.25, 0.3) is 10.9 Å². The Morgan fingerprint density at radius 2 is 2.04 bits per heavy atom. The predicted octanol–water partition coefficient (Wildman–Crippen LogP) is 2.43. The Hall–Kier alpha value is -1.15. The Morgan fingerprint density at radius 3 is 2.75 bits per heavy atom. The van der Waals surface area contributed by atoms with E-state index in [2.05, 4.69) is 41.3 Å². The van der Waals surface area contributed by atoms with Gasteiger partial charge in [0.25, 0.3) is 0 Å². The molecule has 0 bridgehead atoms. The Morgan fingerprint density at radius 1 is 1.29 bits per heavy atom. The van der Waals surface area contributed by atoms with E-state index in [-0.39, 0.29) is 0 Å². The van der Waals surface area contributed by atoms with Gasteiger partial charge in [-0.05, 0) is 42.2 Å². The topological polar surface area (TPSA) is 56.3 Å². The zero-order valence-corrected chi connectivity index (χ0v) is 16.3. The van der Waals surface area contributed by atoms with Gasteiger partial charge < -0.3 is 20.4 Å². The minimum Gasteiger partial charge on any atom is -0.353 e. The van der Waals surface area contributed by atoms with E-state index in [9.17, 15) is 0 Å².